The molecule has 0 saturated heterocycles. The van der Waals surface area contributed by atoms with Crippen LogP contribution in [0.5, 0.6) is 5.75 Å². The van der Waals surface area contributed by atoms with E-state index >= 15 is 0 Å². The van der Waals surface area contributed by atoms with Crippen molar-refractivity contribution in [3.8, 4) is 5.75 Å². The number of nitrogens with zero attached hydrogens (tertiary/aromatic N) is 1. The summed E-state index contributed by atoms with van der Waals surface area (Å²) in [7, 11) is 1.48. The Hall–Kier alpha value is -2.68. The van der Waals surface area contributed by atoms with E-state index in [4.69, 9.17) is 4.74 Å². The minimum Gasteiger partial charge on any atom is -0.496 e. The van der Waals surface area contributed by atoms with Crippen LogP contribution >= 0.6 is 11.8 Å². The van der Waals surface area contributed by atoms with Crippen LogP contribution in [0.1, 0.15) is 6.42 Å². The zero-order valence-corrected chi connectivity index (χ0v) is 15.6. The predicted molar refractivity (Wildman–Crippen MR) is 101 cm³/mol. The lowest BCUT2D eigenvalue weighted by molar-refractivity contribution is -0.157. The molecule has 9 heteroatoms. The topological polar surface area (TPSA) is 58.6 Å². The number of nitrogens with one attached hydrogen (secondary N) is 1. The third kappa shape index (κ3) is 4.24. The SMILES string of the molecule is COc1ccccc1SCC(=O)N1c2ccccc2NC(=O)CC1C(F)(F)F. The summed E-state index contributed by atoms with van der Waals surface area (Å²) in [5, 5.41) is 2.44. The molecule has 2 aromatic rings. The molecule has 0 bridgehead atoms. The number of benzene rings is 2. The molecule has 0 saturated carbocycles. The fraction of sp³-hybridized carbons (Fsp3) is 0.263. The van der Waals surface area contributed by atoms with Crippen LogP contribution in [0.15, 0.2) is 53.4 Å². The molecule has 1 aliphatic heterocycles. The summed E-state index contributed by atoms with van der Waals surface area (Å²) in [4.78, 5) is 26.2. The molecule has 0 radical (unpaired) electrons. The van der Waals surface area contributed by atoms with Crippen molar-refractivity contribution in [2.24, 2.45) is 0 Å². The van der Waals surface area contributed by atoms with Gasteiger partial charge >= 0.3 is 6.18 Å². The standard InChI is InChI=1S/C19H17F3N2O3S/c1-27-14-8-4-5-9-15(14)28-11-18(26)24-13-7-3-2-6-12(13)23-17(25)10-16(24)19(20,21)22/h2-9,16H,10-11H2,1H3,(H,23,25). The molecule has 1 heterocycles. The van der Waals surface area contributed by atoms with Gasteiger partial charge in [0.25, 0.3) is 0 Å². The van der Waals surface area contributed by atoms with Crippen molar-refractivity contribution in [1.82, 2.24) is 0 Å². The van der Waals surface area contributed by atoms with E-state index in [2.05, 4.69) is 5.32 Å². The Labute approximate surface area is 163 Å². The average molecular weight is 410 g/mol. The Kier molecular flexibility index (Phi) is 5.83. The Morgan fingerprint density at radius 2 is 1.89 bits per heavy atom. The Balaban J connectivity index is 1.93. The number of thioether (sulfide) groups is 1. The number of carbonyl (C=O) groups excluding carboxylic acids is 2. The molecule has 0 aliphatic carbocycles. The molecule has 2 amide bonds. The van der Waals surface area contributed by atoms with Gasteiger partial charge in [-0.05, 0) is 24.3 Å². The maximum absolute atomic E-state index is 13.7. The summed E-state index contributed by atoms with van der Waals surface area (Å²) in [6.07, 6.45) is -5.61. The molecule has 0 spiro atoms. The first-order valence-corrected chi connectivity index (χ1v) is 9.33. The van der Waals surface area contributed by atoms with E-state index in [-0.39, 0.29) is 17.1 Å². The molecule has 1 N–H and O–H groups in total. The number of anilines is 2. The highest BCUT2D eigenvalue weighted by Crippen LogP contribution is 2.38. The minimum absolute atomic E-state index is 0.0290. The lowest BCUT2D eigenvalue weighted by Gasteiger charge is -2.31. The average Bonchev–Trinajstić information content (AvgIpc) is 2.82. The van der Waals surface area contributed by atoms with Gasteiger partial charge in [-0.25, -0.2) is 0 Å². The normalized spacial score (nSPS) is 16.8. The van der Waals surface area contributed by atoms with Crippen LogP contribution in [0.2, 0.25) is 0 Å². The maximum atomic E-state index is 13.7. The Morgan fingerprint density at radius 3 is 2.61 bits per heavy atom. The van der Waals surface area contributed by atoms with E-state index in [0.717, 1.165) is 11.8 Å². The summed E-state index contributed by atoms with van der Waals surface area (Å²) >= 11 is 1.08. The number of halogens is 3. The van der Waals surface area contributed by atoms with Gasteiger partial charge in [0.2, 0.25) is 11.8 Å². The van der Waals surface area contributed by atoms with Crippen LogP contribution in [-0.2, 0) is 9.59 Å². The number of hydrogen-bond donors (Lipinski definition) is 1. The number of fused-ring (bicyclic) bond motifs is 1. The number of carbonyl (C=O) groups is 2. The number of ether oxygens (including phenoxy) is 1. The van der Waals surface area contributed by atoms with Gasteiger partial charge in [0, 0.05) is 4.90 Å². The fourth-order valence-corrected chi connectivity index (χ4v) is 3.83. The van der Waals surface area contributed by atoms with Crippen molar-refractivity contribution >= 4 is 35.0 Å². The molecular weight excluding hydrogens is 393 g/mol. The molecular formula is C19H17F3N2O3S. The van der Waals surface area contributed by atoms with Gasteiger partial charge in [0.15, 0.2) is 0 Å². The van der Waals surface area contributed by atoms with Crippen LogP contribution < -0.4 is 15.0 Å². The Bertz CT molecular complexity index is 889. The van der Waals surface area contributed by atoms with E-state index < -0.39 is 30.5 Å². The summed E-state index contributed by atoms with van der Waals surface area (Å²) < 4.78 is 46.3. The number of hydrogen-bond acceptors (Lipinski definition) is 4. The van der Waals surface area contributed by atoms with E-state index in [9.17, 15) is 22.8 Å². The number of amides is 2. The van der Waals surface area contributed by atoms with E-state index in [1.807, 2.05) is 0 Å². The van der Waals surface area contributed by atoms with Gasteiger partial charge in [0.05, 0.1) is 30.7 Å². The van der Waals surface area contributed by atoms with Crippen molar-refractivity contribution in [2.45, 2.75) is 23.5 Å². The molecule has 1 aliphatic rings. The number of para-hydroxylation sites is 3. The van der Waals surface area contributed by atoms with Crippen LogP contribution in [0.25, 0.3) is 0 Å². The summed E-state index contributed by atoms with van der Waals surface area (Å²) in [6, 6.07) is 10.7. The second-order valence-corrected chi connectivity index (χ2v) is 7.05. The zero-order chi connectivity index (χ0) is 20.3. The third-order valence-corrected chi connectivity index (χ3v) is 5.23. The molecule has 0 fully saturated rings. The first kappa shape index (κ1) is 20.1. The minimum atomic E-state index is -4.75. The second kappa shape index (κ2) is 8.14. The van der Waals surface area contributed by atoms with Crippen molar-refractivity contribution < 1.29 is 27.5 Å². The number of alkyl halides is 3. The van der Waals surface area contributed by atoms with Gasteiger partial charge in [0.1, 0.15) is 11.8 Å². The highest BCUT2D eigenvalue weighted by atomic mass is 32.2. The third-order valence-electron chi connectivity index (χ3n) is 4.19. The fourth-order valence-electron chi connectivity index (χ4n) is 2.94. The molecule has 1 atom stereocenters. The lowest BCUT2D eigenvalue weighted by atomic mass is 10.1. The van der Waals surface area contributed by atoms with Crippen LogP contribution in [-0.4, -0.2) is 36.9 Å². The van der Waals surface area contributed by atoms with Crippen molar-refractivity contribution in [1.29, 1.82) is 0 Å². The van der Waals surface area contributed by atoms with Gasteiger partial charge < -0.3 is 10.1 Å². The number of methoxy groups -OCH3 is 1. The van der Waals surface area contributed by atoms with Gasteiger partial charge in [-0.1, -0.05) is 24.3 Å². The molecule has 28 heavy (non-hydrogen) atoms. The van der Waals surface area contributed by atoms with Gasteiger partial charge in [-0.15, -0.1) is 11.8 Å². The van der Waals surface area contributed by atoms with Crippen LogP contribution in [0.3, 0.4) is 0 Å². The summed E-state index contributed by atoms with van der Waals surface area (Å²) in [5.41, 5.74) is 0.205. The maximum Gasteiger partial charge on any atom is 0.409 e. The summed E-state index contributed by atoms with van der Waals surface area (Å²) in [5.74, 6) is -1.25. The number of rotatable bonds is 4. The van der Waals surface area contributed by atoms with E-state index in [0.29, 0.717) is 15.5 Å². The van der Waals surface area contributed by atoms with Crippen molar-refractivity contribution in [3.05, 3.63) is 48.5 Å². The smallest absolute Gasteiger partial charge is 0.409 e. The van der Waals surface area contributed by atoms with Crippen molar-refractivity contribution in [2.75, 3.05) is 23.1 Å². The van der Waals surface area contributed by atoms with Gasteiger partial charge in [-0.3, -0.25) is 14.5 Å². The first-order chi connectivity index (χ1) is 13.3. The predicted octanol–water partition coefficient (Wildman–Crippen LogP) is 4.09. The van der Waals surface area contributed by atoms with E-state index in [1.165, 1.54) is 25.3 Å². The first-order valence-electron chi connectivity index (χ1n) is 8.34. The highest BCUT2D eigenvalue weighted by Gasteiger charge is 2.48. The monoisotopic (exact) mass is 410 g/mol. The summed E-state index contributed by atoms with van der Waals surface area (Å²) in [6.45, 7) is 0. The lowest BCUT2D eigenvalue weighted by Crippen LogP contribution is -2.50. The molecule has 1 unspecified atom stereocenters. The van der Waals surface area contributed by atoms with Crippen molar-refractivity contribution in [3.63, 3.8) is 0 Å². The van der Waals surface area contributed by atoms with E-state index in [1.54, 1.807) is 30.3 Å². The zero-order valence-electron chi connectivity index (χ0n) is 14.8. The van der Waals surface area contributed by atoms with Crippen LogP contribution in [0, 0.1) is 0 Å². The highest BCUT2D eigenvalue weighted by molar-refractivity contribution is 8.00. The largest absolute Gasteiger partial charge is 0.496 e. The quantitative estimate of drug-likeness (QED) is 0.772. The Morgan fingerprint density at radius 1 is 1.21 bits per heavy atom. The molecule has 148 valence electrons. The van der Waals surface area contributed by atoms with Gasteiger partial charge in [-0.2, -0.15) is 13.2 Å². The van der Waals surface area contributed by atoms with Crippen LogP contribution in [0.4, 0.5) is 24.5 Å². The molecule has 5 nitrogen and oxygen atoms in total. The molecule has 3 rings (SSSR count). The molecule has 2 aromatic carbocycles. The molecule has 0 aromatic heterocycles. The second-order valence-electron chi connectivity index (χ2n) is 6.03.